The normalized spacial score (nSPS) is 13.3. The molecular weight excluding hydrogens is 429 g/mol. The zero-order valence-corrected chi connectivity index (χ0v) is 17.7. The number of carbonyl (C=O) groups is 2. The summed E-state index contributed by atoms with van der Waals surface area (Å²) in [7, 11) is 1.54. The van der Waals surface area contributed by atoms with Gasteiger partial charge >= 0.3 is 6.18 Å². The van der Waals surface area contributed by atoms with Gasteiger partial charge in [-0.15, -0.1) is 0 Å². The summed E-state index contributed by atoms with van der Waals surface area (Å²) in [5, 5.41) is 2.72. The van der Waals surface area contributed by atoms with Crippen LogP contribution in [-0.2, 0) is 29.0 Å². The van der Waals surface area contributed by atoms with Gasteiger partial charge in [-0.1, -0.05) is 0 Å². The first-order valence-corrected chi connectivity index (χ1v) is 9.84. The molecule has 0 saturated carbocycles. The Morgan fingerprint density at radius 1 is 1.31 bits per heavy atom. The molecule has 0 spiro atoms. The van der Waals surface area contributed by atoms with E-state index in [2.05, 4.69) is 15.3 Å². The molecule has 1 aliphatic heterocycles. The van der Waals surface area contributed by atoms with Gasteiger partial charge in [-0.25, -0.2) is 0 Å². The maximum absolute atomic E-state index is 12.8. The summed E-state index contributed by atoms with van der Waals surface area (Å²) in [5.74, 6) is -0.408. The van der Waals surface area contributed by atoms with E-state index in [9.17, 15) is 22.8 Å². The molecule has 0 unspecified atom stereocenters. The number of alkyl halides is 3. The van der Waals surface area contributed by atoms with Crippen LogP contribution in [0.1, 0.15) is 32.9 Å². The Balaban J connectivity index is 1.67. The molecule has 1 N–H and O–H groups in total. The van der Waals surface area contributed by atoms with Crippen LogP contribution in [0.25, 0.3) is 0 Å². The van der Waals surface area contributed by atoms with Crippen molar-refractivity contribution in [2.24, 2.45) is 0 Å². The molecule has 0 bridgehead atoms. The number of rotatable bonds is 9. The van der Waals surface area contributed by atoms with E-state index in [0.717, 1.165) is 0 Å². The van der Waals surface area contributed by atoms with Gasteiger partial charge in [-0.3, -0.25) is 19.6 Å². The van der Waals surface area contributed by atoms with Crippen LogP contribution in [0.3, 0.4) is 0 Å². The van der Waals surface area contributed by atoms with Crippen molar-refractivity contribution in [3.05, 3.63) is 52.6 Å². The summed E-state index contributed by atoms with van der Waals surface area (Å²) < 4.78 is 46.7. The van der Waals surface area contributed by atoms with E-state index in [0.29, 0.717) is 41.2 Å². The van der Waals surface area contributed by atoms with Crippen LogP contribution in [0, 0.1) is 6.92 Å². The third-order valence-corrected chi connectivity index (χ3v) is 4.83. The van der Waals surface area contributed by atoms with Crippen molar-refractivity contribution in [1.82, 2.24) is 20.2 Å². The van der Waals surface area contributed by atoms with Crippen LogP contribution in [0.4, 0.5) is 13.2 Å². The Morgan fingerprint density at radius 2 is 2.09 bits per heavy atom. The van der Waals surface area contributed by atoms with Crippen molar-refractivity contribution >= 4 is 11.8 Å². The number of halogens is 3. The van der Waals surface area contributed by atoms with Gasteiger partial charge in [-0.05, 0) is 24.6 Å². The Bertz CT molecular complexity index is 997. The van der Waals surface area contributed by atoms with Gasteiger partial charge in [0.05, 0.1) is 37.2 Å². The maximum Gasteiger partial charge on any atom is 0.422 e. The lowest BCUT2D eigenvalue weighted by Crippen LogP contribution is -2.29. The number of fused-ring (bicyclic) bond motifs is 1. The second-order valence-corrected chi connectivity index (χ2v) is 7.31. The number of nitrogens with one attached hydrogen (secondary N) is 1. The fourth-order valence-electron chi connectivity index (χ4n) is 3.33. The fourth-order valence-corrected chi connectivity index (χ4v) is 3.33. The third-order valence-electron chi connectivity index (χ3n) is 4.83. The van der Waals surface area contributed by atoms with Crippen LogP contribution in [-0.4, -0.2) is 59.7 Å². The summed E-state index contributed by atoms with van der Waals surface area (Å²) in [6, 6.07) is 3.20. The molecule has 0 fully saturated rings. The molecule has 32 heavy (non-hydrogen) atoms. The van der Waals surface area contributed by atoms with Gasteiger partial charge < -0.3 is 19.7 Å². The number of carbonyl (C=O) groups excluding carboxylic acids is 2. The average molecular weight is 452 g/mol. The predicted molar refractivity (Wildman–Crippen MR) is 107 cm³/mol. The van der Waals surface area contributed by atoms with Gasteiger partial charge in [-0.2, -0.15) is 13.2 Å². The maximum atomic E-state index is 12.8. The van der Waals surface area contributed by atoms with E-state index < -0.39 is 12.8 Å². The van der Waals surface area contributed by atoms with Crippen molar-refractivity contribution in [3.63, 3.8) is 0 Å². The molecule has 0 atom stereocenters. The lowest BCUT2D eigenvalue weighted by atomic mass is 10.1. The topological polar surface area (TPSA) is 93.7 Å². The average Bonchev–Trinajstić information content (AvgIpc) is 3.03. The number of pyridine rings is 2. The molecule has 1 aliphatic rings. The summed E-state index contributed by atoms with van der Waals surface area (Å²) in [6.07, 6.45) is -1.68. The molecule has 2 amide bonds. The summed E-state index contributed by atoms with van der Waals surface area (Å²) in [6.45, 7) is 1.41. The van der Waals surface area contributed by atoms with E-state index in [1.165, 1.54) is 19.5 Å². The van der Waals surface area contributed by atoms with Crippen LogP contribution >= 0.6 is 0 Å². The van der Waals surface area contributed by atoms with E-state index >= 15 is 0 Å². The van der Waals surface area contributed by atoms with Crippen molar-refractivity contribution in [1.29, 1.82) is 0 Å². The Hall–Kier alpha value is -3.21. The van der Waals surface area contributed by atoms with Gasteiger partial charge in [0.1, 0.15) is 5.75 Å². The smallest absolute Gasteiger partial charge is 0.422 e. The van der Waals surface area contributed by atoms with Crippen molar-refractivity contribution in [2.75, 3.05) is 26.9 Å². The molecular formula is C21H23F3N4O4. The quantitative estimate of drug-likeness (QED) is 0.587. The van der Waals surface area contributed by atoms with Crippen molar-refractivity contribution in [2.45, 2.75) is 32.6 Å². The number of hydrogen-bond acceptors (Lipinski definition) is 6. The molecule has 8 nitrogen and oxygen atoms in total. The fraction of sp³-hybridized carbons (Fsp3) is 0.429. The van der Waals surface area contributed by atoms with Crippen LogP contribution in [0.2, 0.25) is 0 Å². The largest absolute Gasteiger partial charge is 0.482 e. The van der Waals surface area contributed by atoms with Crippen molar-refractivity contribution in [3.8, 4) is 5.75 Å². The van der Waals surface area contributed by atoms with Gasteiger partial charge in [0.2, 0.25) is 5.91 Å². The lowest BCUT2D eigenvalue weighted by Gasteiger charge is -2.17. The first-order valence-electron chi connectivity index (χ1n) is 9.84. The Kier molecular flexibility index (Phi) is 7.29. The molecule has 0 radical (unpaired) electrons. The first kappa shape index (κ1) is 23.5. The van der Waals surface area contributed by atoms with E-state index in [1.807, 2.05) is 0 Å². The van der Waals surface area contributed by atoms with Crippen LogP contribution in [0.15, 0.2) is 24.5 Å². The minimum atomic E-state index is -4.44. The highest BCUT2D eigenvalue weighted by Gasteiger charge is 2.31. The summed E-state index contributed by atoms with van der Waals surface area (Å²) >= 11 is 0. The standard InChI is InChI=1S/C21H23F3N4O4/c1-13-7-14(27-9-18(13)32-12-21(22,23)24)10-28-11-16-15(20(28)30)3-4-25-17(16)8-19(29)26-5-6-31-2/h3-4,7,9H,5-6,8,10-12H2,1-2H3,(H,26,29). The van der Waals surface area contributed by atoms with E-state index in [4.69, 9.17) is 9.47 Å². The number of amides is 2. The molecule has 2 aromatic heterocycles. The first-order chi connectivity index (χ1) is 15.2. The number of methoxy groups -OCH3 is 1. The number of hydrogen-bond donors (Lipinski definition) is 1. The molecule has 172 valence electrons. The zero-order valence-electron chi connectivity index (χ0n) is 17.7. The molecule has 0 aromatic carbocycles. The Morgan fingerprint density at radius 3 is 2.78 bits per heavy atom. The van der Waals surface area contributed by atoms with Crippen LogP contribution in [0.5, 0.6) is 5.75 Å². The van der Waals surface area contributed by atoms with E-state index in [1.54, 1.807) is 24.0 Å². The highest BCUT2D eigenvalue weighted by Crippen LogP contribution is 2.27. The molecule has 2 aromatic rings. The second-order valence-electron chi connectivity index (χ2n) is 7.31. The molecule has 0 saturated heterocycles. The number of ether oxygens (including phenoxy) is 2. The highest BCUT2D eigenvalue weighted by molar-refractivity contribution is 5.98. The molecule has 3 rings (SSSR count). The highest BCUT2D eigenvalue weighted by atomic mass is 19.4. The molecule has 0 aliphatic carbocycles. The van der Waals surface area contributed by atoms with Gasteiger partial charge in [0.25, 0.3) is 5.91 Å². The third kappa shape index (κ3) is 5.94. The van der Waals surface area contributed by atoms with Crippen molar-refractivity contribution < 1.29 is 32.2 Å². The van der Waals surface area contributed by atoms with E-state index in [-0.39, 0.29) is 37.1 Å². The lowest BCUT2D eigenvalue weighted by molar-refractivity contribution is -0.153. The molecule has 3 heterocycles. The summed E-state index contributed by atoms with van der Waals surface area (Å²) in [5.41, 5.74) is 2.67. The minimum Gasteiger partial charge on any atom is -0.482 e. The van der Waals surface area contributed by atoms with Crippen LogP contribution < -0.4 is 10.1 Å². The van der Waals surface area contributed by atoms with Gasteiger partial charge in [0.15, 0.2) is 6.61 Å². The number of nitrogens with zero attached hydrogens (tertiary/aromatic N) is 3. The molecule has 11 heteroatoms. The number of aromatic nitrogens is 2. The minimum absolute atomic E-state index is 0.0353. The Labute approximate surface area is 182 Å². The summed E-state index contributed by atoms with van der Waals surface area (Å²) in [4.78, 5) is 34.9. The SMILES string of the molecule is COCCNC(=O)Cc1nccc2c1CN(Cc1cc(C)c(OCC(F)(F)F)cn1)C2=O. The second kappa shape index (κ2) is 9.94. The zero-order chi connectivity index (χ0) is 23.3. The number of aryl methyl sites for hydroxylation is 1. The predicted octanol–water partition coefficient (Wildman–Crippen LogP) is 2.19. The van der Waals surface area contributed by atoms with Gasteiger partial charge in [0, 0.05) is 37.5 Å². The monoisotopic (exact) mass is 452 g/mol.